The van der Waals surface area contributed by atoms with Gasteiger partial charge in [-0.3, -0.25) is 0 Å². The summed E-state index contributed by atoms with van der Waals surface area (Å²) in [7, 11) is 0. The van der Waals surface area contributed by atoms with Gasteiger partial charge in [-0.25, -0.2) is 9.98 Å². The Hall–Kier alpha value is -1.05. The van der Waals surface area contributed by atoms with Crippen molar-refractivity contribution in [2.45, 2.75) is 0 Å². The maximum atomic E-state index is 5.25. The number of hydrogen-bond acceptors (Lipinski definition) is 3. The van der Waals surface area contributed by atoms with Gasteiger partial charge in [0.15, 0.2) is 0 Å². The molecule has 0 aromatic heterocycles. The van der Waals surface area contributed by atoms with Gasteiger partial charge in [0.2, 0.25) is 5.11 Å². The Morgan fingerprint density at radius 1 is 0.833 bits per heavy atom. The first kappa shape index (κ1) is 13.4. The largest absolute Gasteiger partial charge is 0.378 e. The van der Waals surface area contributed by atoms with E-state index in [1.54, 1.807) is 12.7 Å². The molecule has 0 aliphatic carbocycles. The van der Waals surface area contributed by atoms with Gasteiger partial charge in [-0.05, 0) is 12.2 Å². The fourth-order valence-electron chi connectivity index (χ4n) is 1.68. The number of hydrogen-bond donors (Lipinski definition) is 0. The van der Waals surface area contributed by atoms with E-state index in [9.17, 15) is 0 Å². The van der Waals surface area contributed by atoms with E-state index in [1.165, 1.54) is 0 Å². The van der Waals surface area contributed by atoms with E-state index in [2.05, 4.69) is 19.8 Å². The summed E-state index contributed by atoms with van der Waals surface area (Å²) in [5, 5.41) is 0.355. The molecule has 0 atom stereocenters. The summed E-state index contributed by atoms with van der Waals surface area (Å²) < 4.78 is 10.5. The van der Waals surface area contributed by atoms with E-state index in [0.717, 1.165) is 52.6 Å². The minimum Gasteiger partial charge on any atom is -0.378 e. The molecule has 0 amide bonds. The van der Waals surface area contributed by atoms with Crippen molar-refractivity contribution in [3.05, 3.63) is 0 Å². The number of rotatable bonds is 2. The van der Waals surface area contributed by atoms with Crippen LogP contribution >= 0.6 is 12.2 Å². The fraction of sp³-hybridized carbons (Fsp3) is 0.727. The lowest BCUT2D eigenvalue weighted by Crippen LogP contribution is -2.35. The van der Waals surface area contributed by atoms with Gasteiger partial charge in [-0.15, -0.1) is 0 Å². The van der Waals surface area contributed by atoms with Crippen LogP contribution in [0.1, 0.15) is 0 Å². The highest BCUT2D eigenvalue weighted by Crippen LogP contribution is 1.95. The molecule has 6 nitrogen and oxygen atoms in total. The second-order valence-electron chi connectivity index (χ2n) is 4.07. The van der Waals surface area contributed by atoms with Gasteiger partial charge in [-0.2, -0.15) is 0 Å². The van der Waals surface area contributed by atoms with Crippen molar-refractivity contribution in [2.75, 3.05) is 52.6 Å². The molecule has 0 aromatic rings. The zero-order valence-corrected chi connectivity index (χ0v) is 11.1. The van der Waals surface area contributed by atoms with E-state index in [0.29, 0.717) is 5.11 Å². The summed E-state index contributed by atoms with van der Waals surface area (Å²) in [6, 6.07) is 0. The summed E-state index contributed by atoms with van der Waals surface area (Å²) in [5.41, 5.74) is 0. The lowest BCUT2D eigenvalue weighted by Gasteiger charge is -2.24. The maximum absolute atomic E-state index is 5.25. The molecule has 0 saturated carbocycles. The summed E-state index contributed by atoms with van der Waals surface area (Å²) in [6.45, 7) is 6.43. The van der Waals surface area contributed by atoms with Crippen LogP contribution in [0.2, 0.25) is 0 Å². The summed E-state index contributed by atoms with van der Waals surface area (Å²) >= 11 is 5.08. The number of thiocarbonyl (C=S) groups is 1. The molecular formula is C11H18N4O2S. The Labute approximate surface area is 112 Å². The quantitative estimate of drug-likeness (QED) is 0.401. The van der Waals surface area contributed by atoms with Crippen molar-refractivity contribution in [3.8, 4) is 0 Å². The zero-order valence-electron chi connectivity index (χ0n) is 10.3. The first-order chi connectivity index (χ1) is 8.84. The fourth-order valence-corrected chi connectivity index (χ4v) is 1.78. The average molecular weight is 270 g/mol. The minimum absolute atomic E-state index is 0.355. The molecule has 0 unspecified atom stereocenters. The van der Waals surface area contributed by atoms with Crippen LogP contribution in [0, 0.1) is 0 Å². The molecule has 0 aromatic carbocycles. The van der Waals surface area contributed by atoms with Crippen molar-refractivity contribution in [2.24, 2.45) is 9.98 Å². The minimum atomic E-state index is 0.355. The van der Waals surface area contributed by atoms with E-state index in [-0.39, 0.29) is 0 Å². The maximum Gasteiger partial charge on any atom is 0.221 e. The highest BCUT2D eigenvalue weighted by atomic mass is 32.1. The van der Waals surface area contributed by atoms with Crippen LogP contribution < -0.4 is 0 Å². The molecule has 2 saturated heterocycles. The first-order valence-corrected chi connectivity index (χ1v) is 6.51. The molecular weight excluding hydrogens is 252 g/mol. The van der Waals surface area contributed by atoms with E-state index >= 15 is 0 Å². The SMILES string of the molecule is S=C(/N=C\N1CCOCC1)/N=C/N1CCOCC1. The molecule has 2 aliphatic heterocycles. The lowest BCUT2D eigenvalue weighted by molar-refractivity contribution is 0.0700. The second kappa shape index (κ2) is 7.40. The molecule has 0 spiro atoms. The van der Waals surface area contributed by atoms with Gasteiger partial charge < -0.3 is 19.3 Å². The number of morpholine rings is 2. The van der Waals surface area contributed by atoms with E-state index < -0.39 is 0 Å². The van der Waals surface area contributed by atoms with Crippen LogP contribution in [0.25, 0.3) is 0 Å². The third-order valence-corrected chi connectivity index (χ3v) is 2.97. The second-order valence-corrected chi connectivity index (χ2v) is 4.43. The van der Waals surface area contributed by atoms with Crippen molar-refractivity contribution in [3.63, 3.8) is 0 Å². The number of nitrogens with zero attached hydrogens (tertiary/aromatic N) is 4. The molecule has 7 heteroatoms. The van der Waals surface area contributed by atoms with Gasteiger partial charge >= 0.3 is 0 Å². The average Bonchev–Trinajstić information content (AvgIpc) is 2.45. The Bertz CT molecular complexity index is 293. The van der Waals surface area contributed by atoms with Gasteiger partial charge in [0.25, 0.3) is 0 Å². The van der Waals surface area contributed by atoms with E-state index in [4.69, 9.17) is 21.7 Å². The third kappa shape index (κ3) is 4.67. The first-order valence-electron chi connectivity index (χ1n) is 6.10. The van der Waals surface area contributed by atoms with Crippen LogP contribution in [-0.2, 0) is 9.47 Å². The number of ether oxygens (including phenoxy) is 2. The predicted octanol–water partition coefficient (Wildman–Crippen LogP) is -0.00770. The number of aliphatic imine (C=N–C) groups is 2. The Kier molecular flexibility index (Phi) is 5.50. The molecule has 2 heterocycles. The molecule has 0 radical (unpaired) electrons. The summed E-state index contributed by atoms with van der Waals surface area (Å²) in [6.07, 6.45) is 3.50. The van der Waals surface area contributed by atoms with Crippen LogP contribution in [0.15, 0.2) is 9.98 Å². The zero-order chi connectivity index (χ0) is 12.6. The summed E-state index contributed by atoms with van der Waals surface area (Å²) in [5.74, 6) is 0. The monoisotopic (exact) mass is 270 g/mol. The lowest BCUT2D eigenvalue weighted by atomic mass is 10.5. The van der Waals surface area contributed by atoms with Crippen LogP contribution in [0.5, 0.6) is 0 Å². The molecule has 2 aliphatic rings. The van der Waals surface area contributed by atoms with Crippen molar-refractivity contribution >= 4 is 30.0 Å². The Morgan fingerprint density at radius 3 is 1.61 bits per heavy atom. The molecule has 2 fully saturated rings. The van der Waals surface area contributed by atoms with Gasteiger partial charge in [0.1, 0.15) is 0 Å². The molecule has 100 valence electrons. The highest BCUT2D eigenvalue weighted by molar-refractivity contribution is 7.80. The Morgan fingerprint density at radius 2 is 1.22 bits per heavy atom. The van der Waals surface area contributed by atoms with Crippen molar-refractivity contribution in [1.82, 2.24) is 9.80 Å². The molecule has 0 bridgehead atoms. The van der Waals surface area contributed by atoms with Crippen molar-refractivity contribution in [1.29, 1.82) is 0 Å². The van der Waals surface area contributed by atoms with Crippen LogP contribution in [0.3, 0.4) is 0 Å². The molecule has 2 rings (SSSR count). The Balaban J connectivity index is 1.73. The van der Waals surface area contributed by atoms with E-state index in [1.807, 2.05) is 0 Å². The van der Waals surface area contributed by atoms with Crippen molar-refractivity contribution < 1.29 is 9.47 Å². The van der Waals surface area contributed by atoms with Gasteiger partial charge in [0.05, 0.1) is 39.1 Å². The van der Waals surface area contributed by atoms with Gasteiger partial charge in [-0.1, -0.05) is 0 Å². The predicted molar refractivity (Wildman–Crippen MR) is 74.4 cm³/mol. The van der Waals surface area contributed by atoms with Gasteiger partial charge in [0, 0.05) is 26.2 Å². The topological polar surface area (TPSA) is 49.7 Å². The van der Waals surface area contributed by atoms with Crippen LogP contribution in [-0.4, -0.2) is 80.2 Å². The third-order valence-electron chi connectivity index (χ3n) is 2.75. The normalized spacial score (nSPS) is 22.0. The standard InChI is InChI=1S/C11H18N4O2S/c18-11(12-9-14-1-5-16-6-2-14)13-10-15-3-7-17-8-4-15/h9-10H,1-8H2/b12-9-,13-10+. The van der Waals surface area contributed by atoms with Crippen LogP contribution in [0.4, 0.5) is 0 Å². The highest BCUT2D eigenvalue weighted by Gasteiger charge is 2.07. The smallest absolute Gasteiger partial charge is 0.221 e. The summed E-state index contributed by atoms with van der Waals surface area (Å²) in [4.78, 5) is 12.5. The molecule has 0 N–H and O–H groups in total. The molecule has 18 heavy (non-hydrogen) atoms.